The van der Waals surface area contributed by atoms with Crippen molar-refractivity contribution in [1.82, 2.24) is 5.32 Å². The van der Waals surface area contributed by atoms with Crippen LogP contribution >= 0.6 is 0 Å². The van der Waals surface area contributed by atoms with Crippen molar-refractivity contribution in [2.24, 2.45) is 0 Å². The van der Waals surface area contributed by atoms with Crippen molar-refractivity contribution in [3.63, 3.8) is 0 Å². The van der Waals surface area contributed by atoms with Gasteiger partial charge in [0.1, 0.15) is 23.0 Å². The molecule has 0 aliphatic rings. The van der Waals surface area contributed by atoms with Gasteiger partial charge in [0.25, 0.3) is 0 Å². The molecule has 1 aromatic heterocycles. The minimum Gasteiger partial charge on any atom is -0.459 e. The van der Waals surface area contributed by atoms with Crippen LogP contribution in [-0.4, -0.2) is 7.05 Å². The molecule has 4 heteroatoms. The average molecular weight is 287 g/mol. The maximum absolute atomic E-state index is 14.1. The molecule has 0 amide bonds. The van der Waals surface area contributed by atoms with E-state index in [-0.39, 0.29) is 0 Å². The summed E-state index contributed by atoms with van der Waals surface area (Å²) < 4.78 is 33.3. The maximum atomic E-state index is 14.1. The highest BCUT2D eigenvalue weighted by Gasteiger charge is 2.21. The first-order chi connectivity index (χ1) is 10.1. The molecular weight excluding hydrogens is 272 g/mol. The van der Waals surface area contributed by atoms with E-state index in [0.29, 0.717) is 16.9 Å². The predicted molar refractivity (Wildman–Crippen MR) is 78.2 cm³/mol. The van der Waals surface area contributed by atoms with Gasteiger partial charge in [-0.15, -0.1) is 0 Å². The van der Waals surface area contributed by atoms with E-state index in [1.54, 1.807) is 14.0 Å². The minimum absolute atomic E-state index is 0.371. The second-order valence-corrected chi connectivity index (χ2v) is 5.03. The molecule has 0 saturated carbocycles. The molecule has 0 aliphatic carbocycles. The third kappa shape index (κ3) is 2.43. The maximum Gasteiger partial charge on any atom is 0.134 e. The van der Waals surface area contributed by atoms with Crippen molar-refractivity contribution in [1.29, 1.82) is 0 Å². The first kappa shape index (κ1) is 13.8. The number of rotatable bonds is 3. The fraction of sp³-hybridized carbons (Fsp3) is 0.176. The number of para-hydroxylation sites is 1. The van der Waals surface area contributed by atoms with Crippen LogP contribution in [0.25, 0.3) is 11.0 Å². The lowest BCUT2D eigenvalue weighted by molar-refractivity contribution is 0.473. The topological polar surface area (TPSA) is 25.2 Å². The summed E-state index contributed by atoms with van der Waals surface area (Å²) in [5, 5.41) is 3.98. The largest absolute Gasteiger partial charge is 0.459 e. The molecule has 1 atom stereocenters. The molecule has 2 nitrogen and oxygen atoms in total. The third-order valence-electron chi connectivity index (χ3n) is 3.61. The summed E-state index contributed by atoms with van der Waals surface area (Å²) in [4.78, 5) is 0. The highest BCUT2D eigenvalue weighted by atomic mass is 19.1. The SMILES string of the molecule is CNC(c1cc2ccccc2o1)c1cc(C)c(F)cc1F. The Kier molecular flexibility index (Phi) is 3.47. The van der Waals surface area contributed by atoms with Gasteiger partial charge in [0.2, 0.25) is 0 Å². The van der Waals surface area contributed by atoms with E-state index in [1.165, 1.54) is 6.07 Å². The molecule has 0 radical (unpaired) electrons. The number of fused-ring (bicyclic) bond motifs is 1. The minimum atomic E-state index is -0.585. The summed E-state index contributed by atoms with van der Waals surface area (Å²) in [5.41, 5.74) is 1.52. The Morgan fingerprint density at radius 3 is 2.52 bits per heavy atom. The van der Waals surface area contributed by atoms with Gasteiger partial charge in [0.15, 0.2) is 0 Å². The van der Waals surface area contributed by atoms with Crippen LogP contribution in [0.5, 0.6) is 0 Å². The zero-order chi connectivity index (χ0) is 15.0. The number of hydrogen-bond acceptors (Lipinski definition) is 2. The second-order valence-electron chi connectivity index (χ2n) is 5.03. The summed E-state index contributed by atoms with van der Waals surface area (Å²) in [6, 6.07) is 11.4. The molecule has 0 fully saturated rings. The normalized spacial score (nSPS) is 12.8. The molecule has 0 aliphatic heterocycles. The van der Waals surface area contributed by atoms with Crippen LogP contribution in [0, 0.1) is 18.6 Å². The van der Waals surface area contributed by atoms with Crippen molar-refractivity contribution in [3.8, 4) is 0 Å². The van der Waals surface area contributed by atoms with Gasteiger partial charge in [-0.3, -0.25) is 0 Å². The van der Waals surface area contributed by atoms with E-state index in [1.807, 2.05) is 30.3 Å². The number of nitrogens with one attached hydrogen (secondary N) is 1. The lowest BCUT2D eigenvalue weighted by atomic mass is 10.0. The van der Waals surface area contributed by atoms with Gasteiger partial charge < -0.3 is 9.73 Å². The van der Waals surface area contributed by atoms with Gasteiger partial charge in [-0.2, -0.15) is 0 Å². The van der Waals surface area contributed by atoms with E-state index in [2.05, 4.69) is 5.32 Å². The molecule has 0 spiro atoms. The van der Waals surface area contributed by atoms with E-state index in [9.17, 15) is 8.78 Å². The van der Waals surface area contributed by atoms with E-state index < -0.39 is 17.7 Å². The summed E-state index contributed by atoms with van der Waals surface area (Å²) in [6.45, 7) is 1.61. The molecule has 2 aromatic carbocycles. The fourth-order valence-corrected chi connectivity index (χ4v) is 2.50. The smallest absolute Gasteiger partial charge is 0.134 e. The van der Waals surface area contributed by atoms with Gasteiger partial charge in [-0.05, 0) is 37.7 Å². The van der Waals surface area contributed by atoms with Gasteiger partial charge in [0, 0.05) is 17.0 Å². The Morgan fingerprint density at radius 2 is 1.81 bits per heavy atom. The lowest BCUT2D eigenvalue weighted by Crippen LogP contribution is -2.18. The van der Waals surface area contributed by atoms with Crippen LogP contribution in [0.4, 0.5) is 8.78 Å². The number of hydrogen-bond donors (Lipinski definition) is 1. The van der Waals surface area contributed by atoms with Crippen LogP contribution in [0.3, 0.4) is 0 Å². The Labute approximate surface area is 121 Å². The van der Waals surface area contributed by atoms with Crippen molar-refractivity contribution < 1.29 is 13.2 Å². The molecule has 1 N–H and O–H groups in total. The molecular formula is C17H15F2NO. The zero-order valence-corrected chi connectivity index (χ0v) is 11.8. The average Bonchev–Trinajstić information content (AvgIpc) is 2.88. The van der Waals surface area contributed by atoms with Crippen molar-refractivity contribution >= 4 is 11.0 Å². The quantitative estimate of drug-likeness (QED) is 0.775. The van der Waals surface area contributed by atoms with Crippen LogP contribution < -0.4 is 5.32 Å². The van der Waals surface area contributed by atoms with Gasteiger partial charge in [-0.1, -0.05) is 18.2 Å². The fourth-order valence-electron chi connectivity index (χ4n) is 2.50. The molecule has 3 rings (SSSR count). The van der Waals surface area contributed by atoms with Crippen LogP contribution in [0.2, 0.25) is 0 Å². The highest BCUT2D eigenvalue weighted by molar-refractivity contribution is 5.78. The summed E-state index contributed by atoms with van der Waals surface area (Å²) in [5.74, 6) is -0.530. The number of halogens is 2. The lowest BCUT2D eigenvalue weighted by Gasteiger charge is -2.16. The molecule has 0 bridgehead atoms. The molecule has 1 heterocycles. The molecule has 108 valence electrons. The van der Waals surface area contributed by atoms with Crippen LogP contribution in [0.1, 0.15) is 22.9 Å². The number of furan rings is 1. The Bertz CT molecular complexity index is 762. The predicted octanol–water partition coefficient (Wildman–Crippen LogP) is 4.33. The molecule has 21 heavy (non-hydrogen) atoms. The molecule has 0 saturated heterocycles. The first-order valence-electron chi connectivity index (χ1n) is 6.71. The summed E-state index contributed by atoms with van der Waals surface area (Å²) in [6.07, 6.45) is 0. The van der Waals surface area contributed by atoms with Crippen molar-refractivity contribution in [2.45, 2.75) is 13.0 Å². The number of benzene rings is 2. The standard InChI is InChI=1S/C17H15F2NO/c1-10-7-12(14(19)9-13(10)18)17(20-2)16-8-11-5-3-4-6-15(11)21-16/h3-9,17,20H,1-2H3. The van der Waals surface area contributed by atoms with Gasteiger partial charge >= 0.3 is 0 Å². The molecule has 3 aromatic rings. The van der Waals surface area contributed by atoms with Crippen molar-refractivity contribution in [2.75, 3.05) is 7.05 Å². The van der Waals surface area contributed by atoms with E-state index in [4.69, 9.17) is 4.42 Å². The number of aryl methyl sites for hydroxylation is 1. The molecule has 1 unspecified atom stereocenters. The van der Waals surface area contributed by atoms with Crippen LogP contribution in [0.15, 0.2) is 46.9 Å². The monoisotopic (exact) mass is 287 g/mol. The zero-order valence-electron chi connectivity index (χ0n) is 11.8. The van der Waals surface area contributed by atoms with Gasteiger partial charge in [0.05, 0.1) is 6.04 Å². The Morgan fingerprint density at radius 1 is 1.05 bits per heavy atom. The van der Waals surface area contributed by atoms with Crippen LogP contribution in [-0.2, 0) is 0 Å². The summed E-state index contributed by atoms with van der Waals surface area (Å²) >= 11 is 0. The third-order valence-corrected chi connectivity index (χ3v) is 3.61. The highest BCUT2D eigenvalue weighted by Crippen LogP contribution is 2.30. The second kappa shape index (κ2) is 5.30. The van der Waals surface area contributed by atoms with E-state index in [0.717, 1.165) is 17.0 Å². The Balaban J connectivity index is 2.11. The van der Waals surface area contributed by atoms with Gasteiger partial charge in [-0.25, -0.2) is 8.78 Å². The van der Waals surface area contributed by atoms with Crippen molar-refractivity contribution in [3.05, 3.63) is 71.0 Å². The summed E-state index contributed by atoms with van der Waals surface area (Å²) in [7, 11) is 1.72. The van der Waals surface area contributed by atoms with E-state index >= 15 is 0 Å². The Hall–Kier alpha value is -2.20. The first-order valence-corrected chi connectivity index (χ1v) is 6.71.